The van der Waals surface area contributed by atoms with E-state index < -0.39 is 10.0 Å². The molecule has 160 valence electrons. The average Bonchev–Trinajstić information content (AvgIpc) is 3.50. The Morgan fingerprint density at radius 1 is 1.16 bits per heavy atom. The maximum Gasteiger partial charge on any atom is 0.263 e. The first kappa shape index (κ1) is 19.7. The number of carbonyl (C=O) groups is 1. The van der Waals surface area contributed by atoms with Crippen LogP contribution in [-0.4, -0.2) is 33.1 Å². The first-order valence-electron chi connectivity index (χ1n) is 9.68. The van der Waals surface area contributed by atoms with Gasteiger partial charge in [-0.1, -0.05) is 24.3 Å². The number of rotatable bonds is 5. The first-order valence-corrected chi connectivity index (χ1v) is 11.9. The number of hydrogen-bond acceptors (Lipinski definition) is 6. The molecule has 0 unspecified atom stereocenters. The lowest BCUT2D eigenvalue weighted by Gasteiger charge is -2.22. The molecule has 1 aliphatic heterocycles. The van der Waals surface area contributed by atoms with Crippen LogP contribution in [0.5, 0.6) is 0 Å². The molecular formula is C21H21N5O3S2. The number of fused-ring (bicyclic) bond motifs is 2. The summed E-state index contributed by atoms with van der Waals surface area (Å²) < 4.78 is 33.5. The van der Waals surface area contributed by atoms with Gasteiger partial charge in [0, 0.05) is 37.8 Å². The molecule has 1 atom stereocenters. The highest BCUT2D eigenvalue weighted by Crippen LogP contribution is 2.29. The van der Waals surface area contributed by atoms with E-state index in [0.717, 1.165) is 33.6 Å². The highest BCUT2D eigenvalue weighted by molar-refractivity contribution is 7.93. The van der Waals surface area contributed by atoms with Gasteiger partial charge in [0.25, 0.3) is 10.0 Å². The number of para-hydroxylation sites is 1. The molecule has 0 radical (unpaired) electrons. The van der Waals surface area contributed by atoms with Crippen LogP contribution >= 0.6 is 11.5 Å². The van der Waals surface area contributed by atoms with Crippen LogP contribution in [0.2, 0.25) is 0 Å². The largest absolute Gasteiger partial charge is 0.335 e. The number of hydrogen-bond donors (Lipinski definition) is 1. The molecule has 3 heterocycles. The third-order valence-electron chi connectivity index (χ3n) is 5.51. The van der Waals surface area contributed by atoms with Gasteiger partial charge in [-0.25, -0.2) is 13.4 Å². The zero-order valence-corrected chi connectivity index (χ0v) is 18.2. The van der Waals surface area contributed by atoms with Crippen molar-refractivity contribution >= 4 is 43.5 Å². The average molecular weight is 456 g/mol. The molecule has 0 saturated carbocycles. The molecule has 2 aromatic heterocycles. The van der Waals surface area contributed by atoms with E-state index >= 15 is 0 Å². The normalized spacial score (nSPS) is 14.5. The van der Waals surface area contributed by atoms with E-state index in [9.17, 15) is 13.2 Å². The van der Waals surface area contributed by atoms with Gasteiger partial charge in [0.15, 0.2) is 0 Å². The fraction of sp³-hybridized carbons (Fsp3) is 0.190. The Bertz CT molecular complexity index is 1390. The van der Waals surface area contributed by atoms with E-state index in [4.69, 9.17) is 0 Å². The van der Waals surface area contributed by atoms with Gasteiger partial charge in [-0.05, 0) is 47.7 Å². The quantitative estimate of drug-likeness (QED) is 0.495. The Labute approximate surface area is 184 Å². The van der Waals surface area contributed by atoms with Crippen molar-refractivity contribution in [3.63, 3.8) is 0 Å². The van der Waals surface area contributed by atoms with Crippen LogP contribution in [-0.2, 0) is 27.9 Å². The van der Waals surface area contributed by atoms with Crippen LogP contribution in [0.15, 0.2) is 66.0 Å². The van der Waals surface area contributed by atoms with Crippen LogP contribution in [0.1, 0.15) is 25.5 Å². The zero-order chi connectivity index (χ0) is 21.6. The highest BCUT2D eigenvalue weighted by atomic mass is 32.2. The molecule has 8 nitrogen and oxygen atoms in total. The van der Waals surface area contributed by atoms with Gasteiger partial charge >= 0.3 is 0 Å². The second-order valence-corrected chi connectivity index (χ2v) is 9.90. The fourth-order valence-corrected chi connectivity index (χ4v) is 5.62. The summed E-state index contributed by atoms with van der Waals surface area (Å²) in [5, 5.41) is 1.30. The lowest BCUT2D eigenvalue weighted by atomic mass is 10.1. The number of anilines is 1. The summed E-state index contributed by atoms with van der Waals surface area (Å²) in [6.45, 7) is 2.72. The lowest BCUT2D eigenvalue weighted by Crippen LogP contribution is -2.32. The number of aromatic nitrogens is 3. The van der Waals surface area contributed by atoms with Crippen molar-refractivity contribution in [1.82, 2.24) is 18.8 Å². The number of amides is 1. The first-order chi connectivity index (χ1) is 14.9. The van der Waals surface area contributed by atoms with Gasteiger partial charge < -0.3 is 9.47 Å². The monoisotopic (exact) mass is 455 g/mol. The van der Waals surface area contributed by atoms with Gasteiger partial charge in [0.2, 0.25) is 11.0 Å². The van der Waals surface area contributed by atoms with Crippen LogP contribution in [0, 0.1) is 0 Å². The van der Waals surface area contributed by atoms with Crippen LogP contribution in [0.3, 0.4) is 0 Å². The van der Waals surface area contributed by atoms with Crippen molar-refractivity contribution in [2.75, 3.05) is 4.72 Å². The summed E-state index contributed by atoms with van der Waals surface area (Å²) in [5.74, 6) is -0.00561. The molecule has 31 heavy (non-hydrogen) atoms. The van der Waals surface area contributed by atoms with Gasteiger partial charge in [0.1, 0.15) is 12.4 Å². The van der Waals surface area contributed by atoms with Crippen molar-refractivity contribution < 1.29 is 14.6 Å². The van der Waals surface area contributed by atoms with Crippen LogP contribution in [0.4, 0.5) is 5.13 Å². The van der Waals surface area contributed by atoms with Crippen LogP contribution in [0.25, 0.3) is 10.9 Å². The second kappa shape index (κ2) is 7.47. The number of nitrogens with one attached hydrogen (secondary N) is 1. The summed E-state index contributed by atoms with van der Waals surface area (Å²) in [5.41, 5.74) is 2.79. The van der Waals surface area contributed by atoms with E-state index in [1.807, 2.05) is 48.0 Å². The summed E-state index contributed by atoms with van der Waals surface area (Å²) >= 11 is 0.970. The molecule has 4 aromatic rings. The molecule has 5 rings (SSSR count). The summed E-state index contributed by atoms with van der Waals surface area (Å²) in [6, 6.07) is 14.5. The molecule has 10 heteroatoms. The van der Waals surface area contributed by atoms with Gasteiger partial charge in [-0.3, -0.25) is 9.52 Å². The summed E-state index contributed by atoms with van der Waals surface area (Å²) in [7, 11) is -3.77. The SMILES string of the molecule is C[C@H](C(=O)N1Cc2ccc(S(=O)(=O)Nc3ncns3)cc2C1)n1ccc2ccccc21.[HH]. The van der Waals surface area contributed by atoms with E-state index in [1.165, 1.54) is 6.33 Å². The fourth-order valence-electron chi connectivity index (χ4n) is 3.91. The van der Waals surface area contributed by atoms with E-state index in [2.05, 4.69) is 14.1 Å². The molecule has 0 spiro atoms. The third kappa shape index (κ3) is 3.57. The summed E-state index contributed by atoms with van der Waals surface area (Å²) in [4.78, 5) is 19.0. The van der Waals surface area contributed by atoms with Crippen molar-refractivity contribution in [2.45, 2.75) is 31.0 Å². The summed E-state index contributed by atoms with van der Waals surface area (Å²) in [6.07, 6.45) is 3.23. The molecule has 0 fully saturated rings. The van der Waals surface area contributed by atoms with E-state index in [-0.39, 0.29) is 23.4 Å². The molecular weight excluding hydrogens is 434 g/mol. The highest BCUT2D eigenvalue weighted by Gasteiger charge is 2.29. The number of nitrogens with zero attached hydrogens (tertiary/aromatic N) is 4. The second-order valence-electron chi connectivity index (χ2n) is 7.43. The minimum atomic E-state index is -3.77. The Morgan fingerprint density at radius 3 is 2.77 bits per heavy atom. The number of benzene rings is 2. The predicted molar refractivity (Wildman–Crippen MR) is 120 cm³/mol. The zero-order valence-electron chi connectivity index (χ0n) is 16.6. The van der Waals surface area contributed by atoms with Gasteiger partial charge in [-0.2, -0.15) is 4.37 Å². The predicted octanol–water partition coefficient (Wildman–Crippen LogP) is 3.64. The molecule has 2 aromatic carbocycles. The Balaban J connectivity index is 0.00000245. The standard InChI is InChI=1S/C21H19N5O3S2.H2/c1-14(26-9-8-15-4-2-3-5-19(15)26)20(27)25-11-16-6-7-18(10-17(16)12-25)31(28,29)24-21-22-13-23-30-21;/h2-10,13-14H,11-12H2,1H3,(H,22,23,24);1H/t14-;/m1./s1. The van der Waals surface area contributed by atoms with Gasteiger partial charge in [-0.15, -0.1) is 0 Å². The van der Waals surface area contributed by atoms with E-state index in [0.29, 0.717) is 13.1 Å². The third-order valence-corrected chi connectivity index (χ3v) is 7.56. The Morgan fingerprint density at radius 2 is 1.97 bits per heavy atom. The van der Waals surface area contributed by atoms with Crippen molar-refractivity contribution in [3.8, 4) is 0 Å². The van der Waals surface area contributed by atoms with Crippen molar-refractivity contribution in [1.29, 1.82) is 0 Å². The molecule has 1 amide bonds. The Hall–Kier alpha value is -3.24. The molecule has 1 N–H and O–H groups in total. The maximum atomic E-state index is 13.2. The van der Waals surface area contributed by atoms with E-state index in [1.54, 1.807) is 23.1 Å². The minimum absolute atomic E-state index is 0. The molecule has 0 aliphatic carbocycles. The number of sulfonamides is 1. The van der Waals surface area contributed by atoms with Crippen molar-refractivity contribution in [2.24, 2.45) is 0 Å². The molecule has 1 aliphatic rings. The molecule has 0 bridgehead atoms. The maximum absolute atomic E-state index is 13.2. The van der Waals surface area contributed by atoms with Crippen molar-refractivity contribution in [3.05, 3.63) is 72.2 Å². The molecule has 0 saturated heterocycles. The minimum Gasteiger partial charge on any atom is -0.335 e. The van der Waals surface area contributed by atoms with Gasteiger partial charge in [0.05, 0.1) is 4.90 Å². The Kier molecular flexibility index (Phi) is 4.75. The van der Waals surface area contributed by atoms with Crippen LogP contribution < -0.4 is 4.72 Å². The topological polar surface area (TPSA) is 97.2 Å². The smallest absolute Gasteiger partial charge is 0.263 e. The number of carbonyl (C=O) groups excluding carboxylic acids is 1. The lowest BCUT2D eigenvalue weighted by molar-refractivity contribution is -0.134.